The molecule has 1 aromatic heterocycles. The summed E-state index contributed by atoms with van der Waals surface area (Å²) in [5.74, 6) is 0. The normalized spacial score (nSPS) is 10.9. The molecule has 0 atom stereocenters. The molecule has 0 aliphatic heterocycles. The average Bonchev–Trinajstić information content (AvgIpc) is 2.28. The van der Waals surface area contributed by atoms with Crippen LogP contribution < -0.4 is 0 Å². The number of aryl methyl sites for hydroxylation is 3. The second-order valence-electron chi connectivity index (χ2n) is 3.23. The van der Waals surface area contributed by atoms with Crippen molar-refractivity contribution in [3.8, 4) is 0 Å². The van der Waals surface area contributed by atoms with Gasteiger partial charge in [-0.05, 0) is 25.5 Å². The van der Waals surface area contributed by atoms with Crippen molar-refractivity contribution in [2.45, 2.75) is 13.8 Å². The van der Waals surface area contributed by atoms with Crippen molar-refractivity contribution in [3.63, 3.8) is 0 Å². The maximum atomic E-state index is 4.35. The molecule has 2 rings (SSSR count). The highest BCUT2D eigenvalue weighted by atomic mass is 15.3. The van der Waals surface area contributed by atoms with Crippen LogP contribution in [0.25, 0.3) is 10.9 Å². The summed E-state index contributed by atoms with van der Waals surface area (Å²) in [4.78, 5) is 0. The van der Waals surface area contributed by atoms with Crippen LogP contribution in [0.3, 0.4) is 0 Å². The quantitative estimate of drug-likeness (QED) is 0.577. The number of fused-ring (bicyclic) bond motifs is 1. The standard InChI is InChI=1S/C10H12N2/c1-7-4-5-9-8(2)11-12(3)10(9)6-7/h4-6H,1-3H3. The van der Waals surface area contributed by atoms with E-state index in [9.17, 15) is 0 Å². The van der Waals surface area contributed by atoms with Gasteiger partial charge in [-0.25, -0.2) is 0 Å². The maximum absolute atomic E-state index is 4.35. The molecule has 0 fully saturated rings. The van der Waals surface area contributed by atoms with Gasteiger partial charge in [0, 0.05) is 12.4 Å². The highest BCUT2D eigenvalue weighted by Crippen LogP contribution is 2.17. The lowest BCUT2D eigenvalue weighted by Crippen LogP contribution is -1.89. The zero-order valence-corrected chi connectivity index (χ0v) is 7.63. The van der Waals surface area contributed by atoms with Crippen molar-refractivity contribution in [2.24, 2.45) is 7.05 Å². The van der Waals surface area contributed by atoms with Crippen molar-refractivity contribution in [1.82, 2.24) is 9.78 Å². The van der Waals surface area contributed by atoms with E-state index < -0.39 is 0 Å². The highest BCUT2D eigenvalue weighted by molar-refractivity contribution is 5.82. The Morgan fingerprint density at radius 1 is 1.25 bits per heavy atom. The summed E-state index contributed by atoms with van der Waals surface area (Å²) in [5.41, 5.74) is 3.60. The number of hydrogen-bond donors (Lipinski definition) is 0. The first-order valence-electron chi connectivity index (χ1n) is 4.08. The number of rotatable bonds is 0. The molecule has 0 radical (unpaired) electrons. The first-order chi connectivity index (χ1) is 5.68. The van der Waals surface area contributed by atoms with Crippen molar-refractivity contribution < 1.29 is 0 Å². The van der Waals surface area contributed by atoms with E-state index in [1.165, 1.54) is 16.5 Å². The Balaban J connectivity index is 2.90. The highest BCUT2D eigenvalue weighted by Gasteiger charge is 2.02. The molecule has 2 nitrogen and oxygen atoms in total. The summed E-state index contributed by atoms with van der Waals surface area (Å²) < 4.78 is 1.93. The summed E-state index contributed by atoms with van der Waals surface area (Å²) in [6.07, 6.45) is 0. The molecule has 0 aliphatic rings. The number of nitrogens with zero attached hydrogens (tertiary/aromatic N) is 2. The lowest BCUT2D eigenvalue weighted by molar-refractivity contribution is 0.783. The van der Waals surface area contributed by atoms with Crippen LogP contribution in [0.4, 0.5) is 0 Å². The van der Waals surface area contributed by atoms with Crippen molar-refractivity contribution in [2.75, 3.05) is 0 Å². The minimum absolute atomic E-state index is 1.10. The van der Waals surface area contributed by atoms with Crippen LogP contribution in [0, 0.1) is 13.8 Å². The predicted octanol–water partition coefficient (Wildman–Crippen LogP) is 2.19. The molecule has 0 bridgehead atoms. The van der Waals surface area contributed by atoms with Gasteiger partial charge in [0.2, 0.25) is 0 Å². The SMILES string of the molecule is Cc1ccc2c(C)nn(C)c2c1. The molecule has 1 heterocycles. The topological polar surface area (TPSA) is 17.8 Å². The van der Waals surface area contributed by atoms with Crippen molar-refractivity contribution in [3.05, 3.63) is 29.5 Å². The van der Waals surface area contributed by atoms with Gasteiger partial charge in [0.15, 0.2) is 0 Å². The Bertz CT molecular complexity index is 427. The first kappa shape index (κ1) is 7.35. The summed E-state index contributed by atoms with van der Waals surface area (Å²) in [7, 11) is 1.98. The zero-order chi connectivity index (χ0) is 8.72. The van der Waals surface area contributed by atoms with Gasteiger partial charge in [-0.15, -0.1) is 0 Å². The smallest absolute Gasteiger partial charge is 0.0684 e. The third kappa shape index (κ3) is 0.916. The van der Waals surface area contributed by atoms with Gasteiger partial charge < -0.3 is 0 Å². The Labute approximate surface area is 71.8 Å². The van der Waals surface area contributed by atoms with Gasteiger partial charge in [-0.2, -0.15) is 5.10 Å². The fourth-order valence-corrected chi connectivity index (χ4v) is 1.55. The Morgan fingerprint density at radius 3 is 2.75 bits per heavy atom. The third-order valence-corrected chi connectivity index (χ3v) is 2.19. The third-order valence-electron chi connectivity index (χ3n) is 2.19. The molecule has 1 aromatic carbocycles. The molecule has 0 amide bonds. The van der Waals surface area contributed by atoms with Crippen LogP contribution in [0.2, 0.25) is 0 Å². The summed E-state index contributed by atoms with van der Waals surface area (Å²) >= 11 is 0. The van der Waals surface area contributed by atoms with Crippen LogP contribution in [0.5, 0.6) is 0 Å². The summed E-state index contributed by atoms with van der Waals surface area (Å²) in [6, 6.07) is 6.42. The van der Waals surface area contributed by atoms with E-state index in [2.05, 4.69) is 30.2 Å². The van der Waals surface area contributed by atoms with Gasteiger partial charge in [0.1, 0.15) is 0 Å². The largest absolute Gasteiger partial charge is 0.268 e. The molecule has 0 spiro atoms. The number of benzene rings is 1. The van der Waals surface area contributed by atoms with Gasteiger partial charge >= 0.3 is 0 Å². The molecule has 0 saturated carbocycles. The molecular formula is C10H12N2. The molecule has 62 valence electrons. The summed E-state index contributed by atoms with van der Waals surface area (Å²) in [5, 5.41) is 5.60. The molecular weight excluding hydrogens is 148 g/mol. The molecule has 12 heavy (non-hydrogen) atoms. The Morgan fingerprint density at radius 2 is 2.00 bits per heavy atom. The molecule has 0 unspecified atom stereocenters. The number of aromatic nitrogens is 2. The molecule has 0 aliphatic carbocycles. The first-order valence-corrected chi connectivity index (χ1v) is 4.08. The Kier molecular flexibility index (Phi) is 1.43. The van der Waals surface area contributed by atoms with Crippen LogP contribution in [0.1, 0.15) is 11.3 Å². The monoisotopic (exact) mass is 160 g/mol. The van der Waals surface area contributed by atoms with E-state index in [4.69, 9.17) is 0 Å². The van der Waals surface area contributed by atoms with E-state index in [0.29, 0.717) is 0 Å². The predicted molar refractivity (Wildman–Crippen MR) is 50.2 cm³/mol. The van der Waals surface area contributed by atoms with E-state index in [1.807, 2.05) is 18.7 Å². The zero-order valence-electron chi connectivity index (χ0n) is 7.63. The van der Waals surface area contributed by atoms with Crippen molar-refractivity contribution >= 4 is 10.9 Å². The lowest BCUT2D eigenvalue weighted by atomic mass is 10.1. The minimum Gasteiger partial charge on any atom is -0.268 e. The number of hydrogen-bond acceptors (Lipinski definition) is 1. The fraction of sp³-hybridized carbons (Fsp3) is 0.300. The lowest BCUT2D eigenvalue weighted by Gasteiger charge is -1.94. The fourth-order valence-electron chi connectivity index (χ4n) is 1.55. The van der Waals surface area contributed by atoms with Crippen molar-refractivity contribution in [1.29, 1.82) is 0 Å². The van der Waals surface area contributed by atoms with Crippen LogP contribution in [0.15, 0.2) is 18.2 Å². The summed E-state index contributed by atoms with van der Waals surface area (Å²) in [6.45, 7) is 4.14. The van der Waals surface area contributed by atoms with Gasteiger partial charge in [-0.1, -0.05) is 12.1 Å². The van der Waals surface area contributed by atoms with Gasteiger partial charge in [0.05, 0.1) is 11.2 Å². The second kappa shape index (κ2) is 2.34. The van der Waals surface area contributed by atoms with Crippen LogP contribution >= 0.6 is 0 Å². The molecule has 2 aromatic rings. The van der Waals surface area contributed by atoms with E-state index in [1.54, 1.807) is 0 Å². The van der Waals surface area contributed by atoms with Gasteiger partial charge in [-0.3, -0.25) is 4.68 Å². The van der Waals surface area contributed by atoms with E-state index >= 15 is 0 Å². The maximum Gasteiger partial charge on any atom is 0.0684 e. The average molecular weight is 160 g/mol. The van der Waals surface area contributed by atoms with E-state index in [0.717, 1.165) is 5.69 Å². The van der Waals surface area contributed by atoms with Crippen LogP contribution in [-0.2, 0) is 7.05 Å². The molecule has 0 saturated heterocycles. The second-order valence-corrected chi connectivity index (χ2v) is 3.23. The van der Waals surface area contributed by atoms with E-state index in [-0.39, 0.29) is 0 Å². The Hall–Kier alpha value is -1.31. The van der Waals surface area contributed by atoms with Gasteiger partial charge in [0.25, 0.3) is 0 Å². The molecule has 2 heteroatoms. The molecule has 0 N–H and O–H groups in total. The minimum atomic E-state index is 1.10. The van der Waals surface area contributed by atoms with Crippen LogP contribution in [-0.4, -0.2) is 9.78 Å².